The van der Waals surface area contributed by atoms with E-state index in [1.54, 1.807) is 0 Å². The molecule has 2 aromatic rings. The second-order valence-electron chi connectivity index (χ2n) is 5.04. The molecule has 3 rings (SSSR count). The Morgan fingerprint density at radius 3 is 2.65 bits per heavy atom. The maximum atomic E-state index is 6.21. The Morgan fingerprint density at radius 1 is 1.25 bits per heavy atom. The number of halogens is 2. The topological polar surface area (TPSA) is 49.8 Å². The minimum absolute atomic E-state index is 0. The van der Waals surface area contributed by atoms with Crippen molar-refractivity contribution in [3.8, 4) is 0 Å². The molecule has 1 fully saturated rings. The lowest BCUT2D eigenvalue weighted by Gasteiger charge is -2.37. The minimum Gasteiger partial charge on any atom is -0.394 e. The highest BCUT2D eigenvalue weighted by Crippen LogP contribution is 2.27. The summed E-state index contributed by atoms with van der Waals surface area (Å²) in [7, 11) is 2.16. The molecular formula is C13H21Cl2N5. The van der Waals surface area contributed by atoms with Crippen molar-refractivity contribution >= 4 is 41.8 Å². The molecule has 1 aliphatic rings. The molecule has 0 radical (unpaired) electrons. The van der Waals surface area contributed by atoms with E-state index in [1.807, 2.05) is 28.9 Å². The molecule has 7 heteroatoms. The molecule has 0 aliphatic carbocycles. The molecule has 1 unspecified atom stereocenters. The van der Waals surface area contributed by atoms with Gasteiger partial charge >= 0.3 is 0 Å². The van der Waals surface area contributed by atoms with Crippen LogP contribution < -0.4 is 10.6 Å². The van der Waals surface area contributed by atoms with E-state index in [1.165, 1.54) is 0 Å². The van der Waals surface area contributed by atoms with Crippen LogP contribution in [0.4, 0.5) is 11.5 Å². The number of nitrogen functional groups attached to an aromatic ring is 1. The molecule has 2 aromatic heterocycles. The van der Waals surface area contributed by atoms with E-state index in [-0.39, 0.29) is 24.8 Å². The molecule has 0 bridgehead atoms. The number of likely N-dealkylation sites (N-methyl/N-ethyl adjacent to an activating group) is 1. The van der Waals surface area contributed by atoms with Gasteiger partial charge in [0, 0.05) is 31.9 Å². The van der Waals surface area contributed by atoms with Crippen molar-refractivity contribution in [2.45, 2.75) is 13.0 Å². The van der Waals surface area contributed by atoms with E-state index in [9.17, 15) is 0 Å². The summed E-state index contributed by atoms with van der Waals surface area (Å²) in [5, 5.41) is 4.59. The normalized spacial score (nSPS) is 19.5. The maximum absolute atomic E-state index is 6.21. The van der Waals surface area contributed by atoms with E-state index in [0.717, 1.165) is 36.7 Å². The summed E-state index contributed by atoms with van der Waals surface area (Å²) < 4.78 is 1.85. The van der Waals surface area contributed by atoms with E-state index in [2.05, 4.69) is 28.9 Å². The van der Waals surface area contributed by atoms with Gasteiger partial charge in [-0.15, -0.1) is 29.9 Å². The van der Waals surface area contributed by atoms with Gasteiger partial charge in [0.05, 0.1) is 5.52 Å². The Kier molecular flexibility index (Phi) is 5.50. The Balaban J connectivity index is 0.000001000. The first-order valence-corrected chi connectivity index (χ1v) is 6.35. The molecule has 5 nitrogen and oxygen atoms in total. The fourth-order valence-electron chi connectivity index (χ4n) is 2.48. The lowest BCUT2D eigenvalue weighted by molar-refractivity contribution is 0.233. The zero-order valence-corrected chi connectivity index (χ0v) is 13.3. The summed E-state index contributed by atoms with van der Waals surface area (Å²) in [6, 6.07) is 6.49. The Bertz CT molecular complexity index is 571. The van der Waals surface area contributed by atoms with Crippen molar-refractivity contribution in [2.75, 3.05) is 37.3 Å². The molecule has 1 atom stereocenters. The van der Waals surface area contributed by atoms with Gasteiger partial charge in [0.25, 0.3) is 0 Å². The van der Waals surface area contributed by atoms with Crippen molar-refractivity contribution in [1.82, 2.24) is 14.5 Å². The van der Waals surface area contributed by atoms with Crippen LogP contribution in [-0.4, -0.2) is 47.2 Å². The first-order chi connectivity index (χ1) is 8.66. The number of hydrogen-bond donors (Lipinski definition) is 1. The average molecular weight is 318 g/mol. The van der Waals surface area contributed by atoms with Gasteiger partial charge in [-0.2, -0.15) is 0 Å². The predicted octanol–water partition coefficient (Wildman–Crippen LogP) is 1.90. The quantitative estimate of drug-likeness (QED) is 0.872. The van der Waals surface area contributed by atoms with Crippen LogP contribution in [0.3, 0.4) is 0 Å². The van der Waals surface area contributed by atoms with E-state index in [4.69, 9.17) is 5.73 Å². The molecule has 0 saturated carbocycles. The Labute approximate surface area is 131 Å². The predicted molar refractivity (Wildman–Crippen MR) is 88.4 cm³/mol. The molecule has 1 saturated heterocycles. The third kappa shape index (κ3) is 2.80. The van der Waals surface area contributed by atoms with Gasteiger partial charge in [-0.05, 0) is 26.1 Å². The molecular weight excluding hydrogens is 297 g/mol. The van der Waals surface area contributed by atoms with E-state index in [0.29, 0.717) is 6.04 Å². The Morgan fingerprint density at radius 2 is 2.00 bits per heavy atom. The highest BCUT2D eigenvalue weighted by molar-refractivity contribution is 5.85. The summed E-state index contributed by atoms with van der Waals surface area (Å²) in [4.78, 5) is 4.65. The fraction of sp³-hybridized carbons (Fsp3) is 0.462. The number of anilines is 2. The van der Waals surface area contributed by atoms with Crippen LogP contribution >= 0.6 is 24.8 Å². The van der Waals surface area contributed by atoms with Gasteiger partial charge in [0.1, 0.15) is 5.69 Å². The standard InChI is InChI=1S/C13H19N5.2ClH/c1-10-9-17(8-7-16(10)2)13-12(14)11-5-3-4-6-18(11)15-13;;/h3-6,10H,7-9,14H2,1-2H3;2*1H. The smallest absolute Gasteiger partial charge is 0.175 e. The number of hydrogen-bond acceptors (Lipinski definition) is 4. The van der Waals surface area contributed by atoms with Gasteiger partial charge < -0.3 is 15.5 Å². The summed E-state index contributed by atoms with van der Waals surface area (Å²) in [6.45, 7) is 5.24. The maximum Gasteiger partial charge on any atom is 0.175 e. The second kappa shape index (κ2) is 6.52. The lowest BCUT2D eigenvalue weighted by atomic mass is 10.2. The van der Waals surface area contributed by atoms with Crippen LogP contribution in [0.15, 0.2) is 24.4 Å². The van der Waals surface area contributed by atoms with Crippen LogP contribution in [0.2, 0.25) is 0 Å². The molecule has 20 heavy (non-hydrogen) atoms. The van der Waals surface area contributed by atoms with E-state index >= 15 is 0 Å². The zero-order valence-electron chi connectivity index (χ0n) is 11.7. The number of fused-ring (bicyclic) bond motifs is 1. The monoisotopic (exact) mass is 317 g/mol. The number of rotatable bonds is 1. The average Bonchev–Trinajstić information content (AvgIpc) is 2.71. The number of nitrogens with two attached hydrogens (primary N) is 1. The van der Waals surface area contributed by atoms with Crippen molar-refractivity contribution in [2.24, 2.45) is 0 Å². The largest absolute Gasteiger partial charge is 0.394 e. The van der Waals surface area contributed by atoms with Gasteiger partial charge in [0.2, 0.25) is 0 Å². The van der Waals surface area contributed by atoms with E-state index < -0.39 is 0 Å². The highest BCUT2D eigenvalue weighted by Gasteiger charge is 2.24. The summed E-state index contributed by atoms with van der Waals surface area (Å²) in [6.07, 6.45) is 1.94. The number of piperazine rings is 1. The van der Waals surface area contributed by atoms with Crippen molar-refractivity contribution in [1.29, 1.82) is 0 Å². The molecule has 0 spiro atoms. The van der Waals surface area contributed by atoms with Gasteiger partial charge in [0.15, 0.2) is 5.82 Å². The number of nitrogens with zero attached hydrogens (tertiary/aromatic N) is 4. The molecule has 112 valence electrons. The van der Waals surface area contributed by atoms with Crippen LogP contribution in [0.25, 0.3) is 5.52 Å². The third-order valence-electron chi connectivity index (χ3n) is 3.82. The summed E-state index contributed by atoms with van der Waals surface area (Å²) in [5.41, 5.74) is 7.98. The molecule has 3 heterocycles. The van der Waals surface area contributed by atoms with Gasteiger partial charge in [-0.3, -0.25) is 0 Å². The SMILES string of the molecule is CC1CN(c2nn3ccccc3c2N)CCN1C.Cl.Cl. The number of aromatic nitrogens is 2. The van der Waals surface area contributed by atoms with Crippen molar-refractivity contribution in [3.05, 3.63) is 24.4 Å². The first-order valence-electron chi connectivity index (χ1n) is 6.35. The van der Waals surface area contributed by atoms with Gasteiger partial charge in [-0.25, -0.2) is 4.52 Å². The molecule has 0 aromatic carbocycles. The molecule has 0 amide bonds. The van der Waals surface area contributed by atoms with Crippen LogP contribution in [-0.2, 0) is 0 Å². The molecule has 2 N–H and O–H groups in total. The van der Waals surface area contributed by atoms with Crippen molar-refractivity contribution in [3.63, 3.8) is 0 Å². The fourth-order valence-corrected chi connectivity index (χ4v) is 2.48. The lowest BCUT2D eigenvalue weighted by Crippen LogP contribution is -2.50. The Hall–Kier alpha value is -1.17. The highest BCUT2D eigenvalue weighted by atomic mass is 35.5. The first kappa shape index (κ1) is 16.9. The zero-order chi connectivity index (χ0) is 12.7. The third-order valence-corrected chi connectivity index (χ3v) is 3.82. The van der Waals surface area contributed by atoms with Crippen LogP contribution in [0, 0.1) is 0 Å². The van der Waals surface area contributed by atoms with Gasteiger partial charge in [-0.1, -0.05) is 6.07 Å². The summed E-state index contributed by atoms with van der Waals surface area (Å²) in [5.74, 6) is 0.918. The second-order valence-corrected chi connectivity index (χ2v) is 5.04. The van der Waals surface area contributed by atoms with Crippen molar-refractivity contribution < 1.29 is 0 Å². The minimum atomic E-state index is 0. The van der Waals surface area contributed by atoms with Crippen LogP contribution in [0.1, 0.15) is 6.92 Å². The molecule has 1 aliphatic heterocycles. The van der Waals surface area contributed by atoms with Crippen LogP contribution in [0.5, 0.6) is 0 Å². The summed E-state index contributed by atoms with van der Waals surface area (Å²) >= 11 is 0. The number of pyridine rings is 1.